The predicted octanol–water partition coefficient (Wildman–Crippen LogP) is 21.6. The molecule has 0 radical (unpaired) electrons. The molecule has 0 spiro atoms. The number of rotatable bonds is 58. The first-order valence-electron chi connectivity index (χ1n) is 31.8. The number of allylic oxidation sites excluding steroid dienone is 10. The Bertz CT molecular complexity index is 1310. The minimum Gasteiger partial charge on any atom is -0.462 e. The number of esters is 3. The highest BCUT2D eigenvalue weighted by molar-refractivity contribution is 5.71. The van der Waals surface area contributed by atoms with Gasteiger partial charge in [-0.05, 0) is 83.5 Å². The molecule has 1 atom stereocenters. The first-order chi connectivity index (χ1) is 36.0. The van der Waals surface area contributed by atoms with Crippen LogP contribution in [0.3, 0.4) is 0 Å². The van der Waals surface area contributed by atoms with E-state index in [0.717, 1.165) is 109 Å². The molecule has 0 amide bonds. The highest BCUT2D eigenvalue weighted by Gasteiger charge is 2.19. The Labute approximate surface area is 453 Å². The van der Waals surface area contributed by atoms with Gasteiger partial charge < -0.3 is 14.2 Å². The van der Waals surface area contributed by atoms with Crippen molar-refractivity contribution in [3.63, 3.8) is 0 Å². The lowest BCUT2D eigenvalue weighted by molar-refractivity contribution is -0.167. The fourth-order valence-electron chi connectivity index (χ4n) is 9.20. The maximum absolute atomic E-state index is 12.9. The average Bonchev–Trinajstić information content (AvgIpc) is 3.39. The van der Waals surface area contributed by atoms with E-state index in [1.165, 1.54) is 180 Å². The quantitative estimate of drug-likeness (QED) is 0.0261. The van der Waals surface area contributed by atoms with Gasteiger partial charge in [0.25, 0.3) is 0 Å². The molecule has 0 N–H and O–H groups in total. The second-order valence-corrected chi connectivity index (χ2v) is 21.3. The lowest BCUT2D eigenvalue weighted by Gasteiger charge is -2.18. The molecule has 0 saturated carbocycles. The molecule has 0 rings (SSSR count). The molecule has 0 bridgehead atoms. The zero-order chi connectivity index (χ0) is 52.9. The molecule has 0 fully saturated rings. The van der Waals surface area contributed by atoms with E-state index in [0.29, 0.717) is 19.3 Å². The van der Waals surface area contributed by atoms with Crippen LogP contribution in [0.2, 0.25) is 0 Å². The van der Waals surface area contributed by atoms with Crippen LogP contribution in [0, 0.1) is 0 Å². The Morgan fingerprint density at radius 3 is 0.849 bits per heavy atom. The van der Waals surface area contributed by atoms with Crippen LogP contribution in [0.25, 0.3) is 0 Å². The number of hydrogen-bond acceptors (Lipinski definition) is 6. The van der Waals surface area contributed by atoms with E-state index in [1.807, 2.05) is 0 Å². The van der Waals surface area contributed by atoms with E-state index in [2.05, 4.69) is 81.5 Å². The van der Waals surface area contributed by atoms with Crippen molar-refractivity contribution in [3.05, 3.63) is 60.8 Å². The summed E-state index contributed by atoms with van der Waals surface area (Å²) in [6, 6.07) is 0. The predicted molar refractivity (Wildman–Crippen MR) is 316 cm³/mol. The van der Waals surface area contributed by atoms with Gasteiger partial charge in [-0.2, -0.15) is 0 Å². The monoisotopic (exact) mass is 1020 g/mol. The van der Waals surface area contributed by atoms with Gasteiger partial charge in [-0.15, -0.1) is 0 Å². The lowest BCUT2D eigenvalue weighted by atomic mass is 10.0. The van der Waals surface area contributed by atoms with Gasteiger partial charge in [0.15, 0.2) is 6.10 Å². The van der Waals surface area contributed by atoms with Crippen molar-refractivity contribution in [2.45, 2.75) is 335 Å². The van der Waals surface area contributed by atoms with Crippen molar-refractivity contribution in [3.8, 4) is 0 Å². The number of carbonyl (C=O) groups is 3. The fourth-order valence-corrected chi connectivity index (χ4v) is 9.20. The van der Waals surface area contributed by atoms with Crippen molar-refractivity contribution < 1.29 is 28.6 Å². The molecule has 424 valence electrons. The van der Waals surface area contributed by atoms with E-state index in [4.69, 9.17) is 14.2 Å². The maximum Gasteiger partial charge on any atom is 0.306 e. The first-order valence-corrected chi connectivity index (χ1v) is 31.8. The number of hydrogen-bond donors (Lipinski definition) is 0. The molecule has 0 aliphatic rings. The molecule has 6 heteroatoms. The van der Waals surface area contributed by atoms with Crippen LogP contribution < -0.4 is 0 Å². The van der Waals surface area contributed by atoms with E-state index < -0.39 is 6.10 Å². The molecule has 0 aromatic heterocycles. The second kappa shape index (κ2) is 61.7. The molecular formula is C67H120O6. The molecule has 0 saturated heterocycles. The molecule has 0 aliphatic carbocycles. The summed E-state index contributed by atoms with van der Waals surface area (Å²) in [6.07, 6.45) is 78.0. The zero-order valence-electron chi connectivity index (χ0n) is 48.7. The second-order valence-electron chi connectivity index (χ2n) is 21.3. The smallest absolute Gasteiger partial charge is 0.306 e. The number of ether oxygens (including phenoxy) is 3. The van der Waals surface area contributed by atoms with Crippen LogP contribution in [0.1, 0.15) is 329 Å². The minimum absolute atomic E-state index is 0.0814. The molecule has 0 aromatic rings. The normalized spacial score (nSPS) is 12.4. The molecule has 73 heavy (non-hydrogen) atoms. The third-order valence-electron chi connectivity index (χ3n) is 14.0. The van der Waals surface area contributed by atoms with E-state index in [1.54, 1.807) is 0 Å². The Balaban J connectivity index is 4.31. The number of unbranched alkanes of at least 4 members (excludes halogenated alkanes) is 37. The van der Waals surface area contributed by atoms with Gasteiger partial charge in [-0.25, -0.2) is 0 Å². The van der Waals surface area contributed by atoms with Crippen molar-refractivity contribution in [2.75, 3.05) is 13.2 Å². The molecule has 0 aliphatic heterocycles. The SMILES string of the molecule is CCC/C=C\C/C=C\CCCCCCCC(=O)OCC(COC(=O)CCCCCCCCCCCCCCCCCCCCCCCCC)OC(=O)CCCCCCCC/C=C\C/C=C\C/C=C\CCCCC. The van der Waals surface area contributed by atoms with Gasteiger partial charge in [-0.1, -0.05) is 287 Å². The molecule has 0 heterocycles. The van der Waals surface area contributed by atoms with E-state index in [-0.39, 0.29) is 31.1 Å². The van der Waals surface area contributed by atoms with E-state index >= 15 is 0 Å². The van der Waals surface area contributed by atoms with Gasteiger partial charge >= 0.3 is 17.9 Å². The average molecular weight is 1020 g/mol. The summed E-state index contributed by atoms with van der Waals surface area (Å²) in [5.74, 6) is -0.892. The Morgan fingerprint density at radius 1 is 0.274 bits per heavy atom. The Kier molecular flexibility index (Phi) is 59.2. The Hall–Kier alpha value is -2.89. The van der Waals surface area contributed by atoms with Crippen molar-refractivity contribution in [1.82, 2.24) is 0 Å². The summed E-state index contributed by atoms with van der Waals surface area (Å²) in [6.45, 7) is 6.57. The van der Waals surface area contributed by atoms with Crippen molar-refractivity contribution in [2.24, 2.45) is 0 Å². The van der Waals surface area contributed by atoms with E-state index in [9.17, 15) is 14.4 Å². The van der Waals surface area contributed by atoms with Crippen LogP contribution in [0.5, 0.6) is 0 Å². The summed E-state index contributed by atoms with van der Waals surface area (Å²) < 4.78 is 16.9. The zero-order valence-corrected chi connectivity index (χ0v) is 48.7. The standard InChI is InChI=1S/C67H120O6/c1-4-7-10-13-16-19-22-25-27-29-31-32-33-34-36-37-39-42-45-48-51-54-57-60-66(69)72-63-64(62-71-65(68)59-56-53-50-47-44-41-24-21-18-15-12-9-6-3)73-67(70)61-58-55-52-49-46-43-40-38-35-30-28-26-23-20-17-14-11-8-5-2/h12,15,17,20-21,24,26,28,35,38,64H,4-11,13-14,16,18-19,22-23,25,27,29-34,36-37,39-63H2,1-3H3/b15-12-,20-17-,24-21-,28-26-,38-35-. The molecule has 0 aromatic carbocycles. The molecule has 1 unspecified atom stereocenters. The minimum atomic E-state index is -0.786. The van der Waals surface area contributed by atoms with Crippen LogP contribution in [0.15, 0.2) is 60.8 Å². The highest BCUT2D eigenvalue weighted by Crippen LogP contribution is 2.17. The van der Waals surface area contributed by atoms with Gasteiger partial charge in [0.1, 0.15) is 13.2 Å². The van der Waals surface area contributed by atoms with Crippen molar-refractivity contribution in [1.29, 1.82) is 0 Å². The summed E-state index contributed by atoms with van der Waals surface area (Å²) in [7, 11) is 0. The summed E-state index contributed by atoms with van der Waals surface area (Å²) in [5.41, 5.74) is 0. The molecule has 6 nitrogen and oxygen atoms in total. The summed E-state index contributed by atoms with van der Waals surface area (Å²) in [5, 5.41) is 0. The van der Waals surface area contributed by atoms with Crippen LogP contribution in [-0.2, 0) is 28.6 Å². The third-order valence-corrected chi connectivity index (χ3v) is 14.0. The Morgan fingerprint density at radius 2 is 0.521 bits per heavy atom. The fraction of sp³-hybridized carbons (Fsp3) is 0.806. The van der Waals surface area contributed by atoms with Gasteiger partial charge in [0.05, 0.1) is 0 Å². The van der Waals surface area contributed by atoms with Crippen molar-refractivity contribution >= 4 is 17.9 Å². The van der Waals surface area contributed by atoms with Gasteiger partial charge in [0, 0.05) is 19.3 Å². The van der Waals surface area contributed by atoms with Gasteiger partial charge in [0.2, 0.25) is 0 Å². The third kappa shape index (κ3) is 59.9. The summed E-state index contributed by atoms with van der Waals surface area (Å²) >= 11 is 0. The van der Waals surface area contributed by atoms with Gasteiger partial charge in [-0.3, -0.25) is 14.4 Å². The first kappa shape index (κ1) is 70.1. The lowest BCUT2D eigenvalue weighted by Crippen LogP contribution is -2.30. The number of carbonyl (C=O) groups excluding carboxylic acids is 3. The topological polar surface area (TPSA) is 78.9 Å². The highest BCUT2D eigenvalue weighted by atomic mass is 16.6. The maximum atomic E-state index is 12.9. The van der Waals surface area contributed by atoms with Crippen LogP contribution in [-0.4, -0.2) is 37.2 Å². The largest absolute Gasteiger partial charge is 0.462 e. The van der Waals surface area contributed by atoms with Crippen LogP contribution in [0.4, 0.5) is 0 Å². The summed E-state index contributed by atoms with van der Waals surface area (Å²) in [4.78, 5) is 38.3. The molecular weight excluding hydrogens is 901 g/mol. The van der Waals surface area contributed by atoms with Crippen LogP contribution >= 0.6 is 0 Å².